The molecule has 0 aliphatic carbocycles. The predicted molar refractivity (Wildman–Crippen MR) is 67.2 cm³/mol. The molecule has 1 atom stereocenters. The first kappa shape index (κ1) is 11.7. The maximum Gasteiger partial charge on any atom is 0.133 e. The number of ether oxygens (including phenoxy) is 2. The van der Waals surface area contributed by atoms with Gasteiger partial charge in [-0.05, 0) is 47.4 Å². The maximum atomic E-state index is 5.41. The van der Waals surface area contributed by atoms with Gasteiger partial charge in [-0.25, -0.2) is 0 Å². The fourth-order valence-corrected chi connectivity index (χ4v) is 2.59. The van der Waals surface area contributed by atoms with E-state index in [2.05, 4.69) is 21.2 Å². The maximum absolute atomic E-state index is 5.41. The molecule has 0 bridgehead atoms. The molecule has 0 amide bonds. The van der Waals surface area contributed by atoms with E-state index in [0.29, 0.717) is 6.04 Å². The zero-order valence-corrected chi connectivity index (χ0v) is 11.1. The summed E-state index contributed by atoms with van der Waals surface area (Å²) >= 11 is 3.47. The zero-order chi connectivity index (χ0) is 11.5. The van der Waals surface area contributed by atoms with Gasteiger partial charge in [0.1, 0.15) is 11.5 Å². The zero-order valence-electron chi connectivity index (χ0n) is 9.55. The summed E-state index contributed by atoms with van der Waals surface area (Å²) in [5.41, 5.74) is 1.18. The second-order valence-electron chi connectivity index (χ2n) is 3.88. The van der Waals surface area contributed by atoms with Crippen LogP contribution in [0.15, 0.2) is 16.6 Å². The first-order chi connectivity index (χ1) is 7.76. The topological polar surface area (TPSA) is 30.5 Å². The van der Waals surface area contributed by atoms with Crippen LogP contribution >= 0.6 is 15.9 Å². The van der Waals surface area contributed by atoms with Crippen molar-refractivity contribution in [1.82, 2.24) is 5.32 Å². The van der Waals surface area contributed by atoms with Crippen LogP contribution in [0.1, 0.15) is 24.4 Å². The number of halogens is 1. The molecule has 1 N–H and O–H groups in total. The summed E-state index contributed by atoms with van der Waals surface area (Å²) in [6, 6.07) is 4.40. The van der Waals surface area contributed by atoms with Crippen LogP contribution in [-0.4, -0.2) is 20.8 Å². The number of methoxy groups -OCH3 is 2. The van der Waals surface area contributed by atoms with Gasteiger partial charge in [-0.3, -0.25) is 0 Å². The Labute approximate surface area is 104 Å². The van der Waals surface area contributed by atoms with Crippen molar-refractivity contribution in [3.63, 3.8) is 0 Å². The van der Waals surface area contributed by atoms with Crippen molar-refractivity contribution in [3.05, 3.63) is 22.2 Å². The van der Waals surface area contributed by atoms with E-state index in [0.717, 1.165) is 28.9 Å². The van der Waals surface area contributed by atoms with Crippen LogP contribution in [0.2, 0.25) is 0 Å². The normalized spacial score (nSPS) is 19.8. The monoisotopic (exact) mass is 285 g/mol. The molecule has 4 heteroatoms. The summed E-state index contributed by atoms with van der Waals surface area (Å²) in [5, 5.41) is 3.47. The quantitative estimate of drug-likeness (QED) is 0.926. The SMILES string of the molecule is COc1cc([C@@H]2CCCN2)c(OC)cc1Br. The van der Waals surface area contributed by atoms with E-state index in [-0.39, 0.29) is 0 Å². The summed E-state index contributed by atoms with van der Waals surface area (Å²) in [5.74, 6) is 1.76. The summed E-state index contributed by atoms with van der Waals surface area (Å²) in [4.78, 5) is 0. The van der Waals surface area contributed by atoms with Crippen molar-refractivity contribution in [2.75, 3.05) is 20.8 Å². The molecule has 1 saturated heterocycles. The Bertz CT molecular complexity index is 376. The summed E-state index contributed by atoms with van der Waals surface area (Å²) in [6.07, 6.45) is 2.37. The van der Waals surface area contributed by atoms with Crippen molar-refractivity contribution in [3.8, 4) is 11.5 Å². The molecule has 0 radical (unpaired) electrons. The fourth-order valence-electron chi connectivity index (χ4n) is 2.11. The van der Waals surface area contributed by atoms with E-state index in [1.165, 1.54) is 12.0 Å². The average Bonchev–Trinajstić information content (AvgIpc) is 2.82. The molecule has 1 fully saturated rings. The first-order valence-electron chi connectivity index (χ1n) is 5.41. The second-order valence-corrected chi connectivity index (χ2v) is 4.73. The number of benzene rings is 1. The smallest absolute Gasteiger partial charge is 0.133 e. The molecule has 16 heavy (non-hydrogen) atoms. The lowest BCUT2D eigenvalue weighted by molar-refractivity contribution is 0.391. The molecule has 0 saturated carbocycles. The third kappa shape index (κ3) is 2.18. The molecule has 0 unspecified atom stereocenters. The van der Waals surface area contributed by atoms with Gasteiger partial charge in [0.25, 0.3) is 0 Å². The van der Waals surface area contributed by atoms with Gasteiger partial charge < -0.3 is 14.8 Å². The van der Waals surface area contributed by atoms with Gasteiger partial charge in [-0.2, -0.15) is 0 Å². The van der Waals surface area contributed by atoms with Crippen LogP contribution in [0.25, 0.3) is 0 Å². The van der Waals surface area contributed by atoms with E-state index >= 15 is 0 Å². The molecule has 1 heterocycles. The molecular weight excluding hydrogens is 270 g/mol. The molecule has 0 aromatic heterocycles. The fraction of sp³-hybridized carbons (Fsp3) is 0.500. The van der Waals surface area contributed by atoms with E-state index in [4.69, 9.17) is 9.47 Å². The highest BCUT2D eigenvalue weighted by molar-refractivity contribution is 9.10. The third-order valence-corrected chi connectivity index (χ3v) is 3.56. The number of nitrogens with one attached hydrogen (secondary N) is 1. The molecule has 1 aliphatic heterocycles. The summed E-state index contributed by atoms with van der Waals surface area (Å²) in [7, 11) is 3.38. The molecular formula is C12H16BrNO2. The Hall–Kier alpha value is -0.740. The van der Waals surface area contributed by atoms with Crippen LogP contribution in [-0.2, 0) is 0 Å². The Balaban J connectivity index is 2.40. The lowest BCUT2D eigenvalue weighted by Gasteiger charge is -2.17. The van der Waals surface area contributed by atoms with Gasteiger partial charge in [0.15, 0.2) is 0 Å². The first-order valence-corrected chi connectivity index (χ1v) is 6.20. The van der Waals surface area contributed by atoms with Crippen molar-refractivity contribution in [1.29, 1.82) is 0 Å². The van der Waals surface area contributed by atoms with Gasteiger partial charge in [-0.1, -0.05) is 0 Å². The summed E-state index contributed by atoms with van der Waals surface area (Å²) < 4.78 is 11.7. The third-order valence-electron chi connectivity index (χ3n) is 2.94. The van der Waals surface area contributed by atoms with Crippen molar-refractivity contribution >= 4 is 15.9 Å². The highest BCUT2D eigenvalue weighted by atomic mass is 79.9. The Morgan fingerprint density at radius 2 is 2.00 bits per heavy atom. The van der Waals surface area contributed by atoms with Crippen molar-refractivity contribution in [2.24, 2.45) is 0 Å². The molecule has 1 aromatic carbocycles. The van der Waals surface area contributed by atoms with Gasteiger partial charge in [0.2, 0.25) is 0 Å². The Morgan fingerprint density at radius 3 is 2.56 bits per heavy atom. The highest BCUT2D eigenvalue weighted by Gasteiger charge is 2.21. The molecule has 1 aromatic rings. The van der Waals surface area contributed by atoms with Gasteiger partial charge >= 0.3 is 0 Å². The second kappa shape index (κ2) is 5.06. The summed E-state index contributed by atoms with van der Waals surface area (Å²) in [6.45, 7) is 1.08. The van der Waals surface area contributed by atoms with E-state index < -0.39 is 0 Å². The minimum atomic E-state index is 0.386. The average molecular weight is 286 g/mol. The lowest BCUT2D eigenvalue weighted by atomic mass is 10.0. The lowest BCUT2D eigenvalue weighted by Crippen LogP contribution is -2.14. The van der Waals surface area contributed by atoms with Gasteiger partial charge in [-0.15, -0.1) is 0 Å². The molecule has 1 aliphatic rings. The van der Waals surface area contributed by atoms with Crippen LogP contribution in [0.4, 0.5) is 0 Å². The van der Waals surface area contributed by atoms with Crippen LogP contribution in [0, 0.1) is 0 Å². The predicted octanol–water partition coefficient (Wildman–Crippen LogP) is 2.89. The number of rotatable bonds is 3. The van der Waals surface area contributed by atoms with Gasteiger partial charge in [0.05, 0.1) is 18.7 Å². The number of hydrogen-bond acceptors (Lipinski definition) is 3. The van der Waals surface area contributed by atoms with Crippen molar-refractivity contribution in [2.45, 2.75) is 18.9 Å². The standard InChI is InChI=1S/C12H16BrNO2/c1-15-11-7-9(13)12(16-2)6-8(11)10-4-3-5-14-10/h6-7,10,14H,3-5H2,1-2H3/t10-/m0/s1. The molecule has 2 rings (SSSR count). The van der Waals surface area contributed by atoms with E-state index in [1.54, 1.807) is 14.2 Å². The van der Waals surface area contributed by atoms with E-state index in [9.17, 15) is 0 Å². The minimum absolute atomic E-state index is 0.386. The Morgan fingerprint density at radius 1 is 1.25 bits per heavy atom. The Kier molecular flexibility index (Phi) is 3.71. The van der Waals surface area contributed by atoms with Gasteiger partial charge in [0, 0.05) is 11.6 Å². The molecule has 88 valence electrons. The van der Waals surface area contributed by atoms with Crippen LogP contribution < -0.4 is 14.8 Å². The van der Waals surface area contributed by atoms with Crippen molar-refractivity contribution < 1.29 is 9.47 Å². The molecule has 0 spiro atoms. The van der Waals surface area contributed by atoms with Crippen LogP contribution in [0.3, 0.4) is 0 Å². The largest absolute Gasteiger partial charge is 0.496 e. The highest BCUT2D eigenvalue weighted by Crippen LogP contribution is 2.38. The van der Waals surface area contributed by atoms with E-state index in [1.807, 2.05) is 12.1 Å². The number of hydrogen-bond donors (Lipinski definition) is 1. The minimum Gasteiger partial charge on any atom is -0.496 e. The molecule has 3 nitrogen and oxygen atoms in total. The van der Waals surface area contributed by atoms with Crippen LogP contribution in [0.5, 0.6) is 11.5 Å².